The Morgan fingerprint density at radius 2 is 2.00 bits per heavy atom. The van der Waals surface area contributed by atoms with Gasteiger partial charge >= 0.3 is 0 Å². The van der Waals surface area contributed by atoms with Crippen molar-refractivity contribution in [2.75, 3.05) is 19.6 Å². The number of aliphatic hydroxyl groups is 1. The molecule has 5 nitrogen and oxygen atoms in total. The molecular formula is C13H14Cl2N2O3S. The number of nitrogens with two attached hydrogens (primary N) is 1. The van der Waals surface area contributed by atoms with Crippen LogP contribution in [-0.4, -0.2) is 43.6 Å². The van der Waals surface area contributed by atoms with Crippen LogP contribution in [0.3, 0.4) is 0 Å². The largest absolute Gasteiger partial charge is 0.392 e. The lowest BCUT2D eigenvalue weighted by Crippen LogP contribution is -2.30. The standard InChI is InChI=1S/C13H14Cl2N2O3S/c14-11-6-9(2-1-4-16)7-12(15)13(11)21(19,20)17-5-3-10(18)8-17/h6-7,10,18H,3-5,8,16H2. The lowest BCUT2D eigenvalue weighted by Gasteiger charge is -2.17. The molecule has 114 valence electrons. The molecule has 1 aromatic carbocycles. The fourth-order valence-corrected chi connectivity index (χ4v) is 4.74. The molecule has 1 aliphatic rings. The Hall–Kier alpha value is -0.810. The highest BCUT2D eigenvalue weighted by Crippen LogP contribution is 2.34. The summed E-state index contributed by atoms with van der Waals surface area (Å²) >= 11 is 12.1. The fraction of sp³-hybridized carbons (Fsp3) is 0.385. The molecule has 0 aromatic heterocycles. The van der Waals surface area contributed by atoms with Crippen LogP contribution in [0.1, 0.15) is 12.0 Å². The quantitative estimate of drug-likeness (QED) is 0.782. The Balaban J connectivity index is 2.44. The number of hydrogen-bond acceptors (Lipinski definition) is 4. The van der Waals surface area contributed by atoms with Crippen LogP contribution in [0.25, 0.3) is 0 Å². The monoisotopic (exact) mass is 348 g/mol. The van der Waals surface area contributed by atoms with Gasteiger partial charge in [-0.25, -0.2) is 8.42 Å². The third kappa shape index (κ3) is 3.51. The molecule has 1 atom stereocenters. The van der Waals surface area contributed by atoms with Gasteiger partial charge in [-0.2, -0.15) is 4.31 Å². The van der Waals surface area contributed by atoms with Crippen molar-refractivity contribution in [2.24, 2.45) is 5.73 Å². The summed E-state index contributed by atoms with van der Waals surface area (Å²) in [5.41, 5.74) is 5.78. The molecule has 8 heteroatoms. The Morgan fingerprint density at radius 1 is 1.38 bits per heavy atom. The average molecular weight is 349 g/mol. The minimum absolute atomic E-state index is 0.00483. The topological polar surface area (TPSA) is 83.6 Å². The summed E-state index contributed by atoms with van der Waals surface area (Å²) in [7, 11) is -3.83. The van der Waals surface area contributed by atoms with Gasteiger partial charge in [0.05, 0.1) is 22.7 Å². The molecule has 1 aliphatic heterocycles. The maximum Gasteiger partial charge on any atom is 0.246 e. The third-order valence-corrected chi connectivity index (χ3v) is 5.84. The van der Waals surface area contributed by atoms with Gasteiger partial charge in [0.15, 0.2) is 0 Å². The molecule has 0 radical (unpaired) electrons. The van der Waals surface area contributed by atoms with E-state index in [9.17, 15) is 13.5 Å². The molecule has 0 aliphatic carbocycles. The van der Waals surface area contributed by atoms with Crippen LogP contribution in [0.15, 0.2) is 17.0 Å². The van der Waals surface area contributed by atoms with Crippen molar-refractivity contribution in [3.8, 4) is 11.8 Å². The zero-order chi connectivity index (χ0) is 15.6. The zero-order valence-electron chi connectivity index (χ0n) is 11.0. The highest BCUT2D eigenvalue weighted by Gasteiger charge is 2.34. The van der Waals surface area contributed by atoms with Gasteiger partial charge < -0.3 is 10.8 Å². The first-order valence-electron chi connectivity index (χ1n) is 6.22. The normalized spacial score (nSPS) is 19.3. The number of hydrogen-bond donors (Lipinski definition) is 2. The molecule has 1 unspecified atom stereocenters. The Morgan fingerprint density at radius 3 is 2.48 bits per heavy atom. The van der Waals surface area contributed by atoms with Gasteiger partial charge in [-0.1, -0.05) is 35.0 Å². The predicted octanol–water partition coefficient (Wildman–Crippen LogP) is 1.06. The van der Waals surface area contributed by atoms with Gasteiger partial charge in [0.25, 0.3) is 0 Å². The number of sulfonamides is 1. The maximum absolute atomic E-state index is 12.5. The predicted molar refractivity (Wildman–Crippen MR) is 81.8 cm³/mol. The molecule has 21 heavy (non-hydrogen) atoms. The van der Waals surface area contributed by atoms with Crippen LogP contribution in [0.2, 0.25) is 10.0 Å². The second-order valence-corrected chi connectivity index (χ2v) is 7.27. The Kier molecular flexibility index (Phi) is 5.15. The van der Waals surface area contributed by atoms with Gasteiger partial charge in [-0.3, -0.25) is 0 Å². The van der Waals surface area contributed by atoms with Crippen molar-refractivity contribution in [3.63, 3.8) is 0 Å². The molecular weight excluding hydrogens is 335 g/mol. The van der Waals surface area contributed by atoms with E-state index < -0.39 is 16.1 Å². The van der Waals surface area contributed by atoms with Crippen LogP contribution in [-0.2, 0) is 10.0 Å². The van der Waals surface area contributed by atoms with Crippen molar-refractivity contribution in [1.29, 1.82) is 0 Å². The summed E-state index contributed by atoms with van der Waals surface area (Å²) in [6.07, 6.45) is -0.263. The maximum atomic E-state index is 12.5. The van der Waals surface area contributed by atoms with Gasteiger partial charge in [-0.15, -0.1) is 0 Å². The van der Waals surface area contributed by atoms with Crippen molar-refractivity contribution in [2.45, 2.75) is 17.4 Å². The van der Waals surface area contributed by atoms with Crippen molar-refractivity contribution in [3.05, 3.63) is 27.7 Å². The first kappa shape index (κ1) is 16.6. The highest BCUT2D eigenvalue weighted by molar-refractivity contribution is 7.89. The number of benzene rings is 1. The number of aliphatic hydroxyl groups excluding tert-OH is 1. The molecule has 3 N–H and O–H groups in total. The molecule has 0 amide bonds. The SMILES string of the molecule is NCC#Cc1cc(Cl)c(S(=O)(=O)N2CCC(O)C2)c(Cl)c1. The highest BCUT2D eigenvalue weighted by atomic mass is 35.5. The Labute approximate surface area is 133 Å². The van der Waals surface area contributed by atoms with Crippen LogP contribution < -0.4 is 5.73 Å². The molecule has 0 spiro atoms. The summed E-state index contributed by atoms with van der Waals surface area (Å²) in [6, 6.07) is 2.88. The Bertz CT molecular complexity index is 687. The molecule has 2 rings (SSSR count). The second kappa shape index (κ2) is 6.53. The van der Waals surface area contributed by atoms with Gasteiger partial charge in [0, 0.05) is 18.7 Å². The van der Waals surface area contributed by atoms with E-state index in [1.54, 1.807) is 0 Å². The van der Waals surface area contributed by atoms with E-state index in [-0.39, 0.29) is 34.6 Å². The van der Waals surface area contributed by atoms with Gasteiger partial charge in [0.2, 0.25) is 10.0 Å². The van der Waals surface area contributed by atoms with Gasteiger partial charge in [-0.05, 0) is 18.6 Å². The minimum Gasteiger partial charge on any atom is -0.392 e. The van der Waals surface area contributed by atoms with E-state index in [0.717, 1.165) is 0 Å². The van der Waals surface area contributed by atoms with Crippen LogP contribution in [0.5, 0.6) is 0 Å². The van der Waals surface area contributed by atoms with Crippen molar-refractivity contribution < 1.29 is 13.5 Å². The van der Waals surface area contributed by atoms with E-state index in [1.165, 1.54) is 16.4 Å². The lowest BCUT2D eigenvalue weighted by atomic mass is 10.2. The van der Waals surface area contributed by atoms with E-state index in [2.05, 4.69) is 11.8 Å². The number of nitrogens with zero attached hydrogens (tertiary/aromatic N) is 1. The zero-order valence-corrected chi connectivity index (χ0v) is 13.3. The van der Waals surface area contributed by atoms with Crippen LogP contribution in [0.4, 0.5) is 0 Å². The summed E-state index contributed by atoms with van der Waals surface area (Å²) in [6.45, 7) is 0.468. The minimum atomic E-state index is -3.83. The molecule has 1 aromatic rings. The van der Waals surface area contributed by atoms with Crippen LogP contribution in [0, 0.1) is 11.8 Å². The lowest BCUT2D eigenvalue weighted by molar-refractivity contribution is 0.189. The fourth-order valence-electron chi connectivity index (χ4n) is 2.09. The number of rotatable bonds is 2. The smallest absolute Gasteiger partial charge is 0.246 e. The van der Waals surface area contributed by atoms with Crippen molar-refractivity contribution in [1.82, 2.24) is 4.31 Å². The molecule has 0 saturated carbocycles. The van der Waals surface area contributed by atoms with Gasteiger partial charge in [0.1, 0.15) is 4.90 Å². The molecule has 1 heterocycles. The first-order valence-corrected chi connectivity index (χ1v) is 8.42. The first-order chi connectivity index (χ1) is 9.86. The van der Waals surface area contributed by atoms with E-state index in [1.807, 2.05) is 0 Å². The number of β-amino-alcohol motifs (C(OH)–C–C–N with tert-alkyl or cyclic N) is 1. The molecule has 1 saturated heterocycles. The third-order valence-electron chi connectivity index (χ3n) is 3.06. The summed E-state index contributed by atoms with van der Waals surface area (Å²) in [4.78, 5) is -0.154. The van der Waals surface area contributed by atoms with E-state index in [0.29, 0.717) is 12.0 Å². The second-order valence-electron chi connectivity index (χ2n) is 4.58. The molecule has 1 fully saturated rings. The average Bonchev–Trinajstić information content (AvgIpc) is 2.82. The van der Waals surface area contributed by atoms with Crippen molar-refractivity contribution >= 4 is 33.2 Å². The van der Waals surface area contributed by atoms with E-state index >= 15 is 0 Å². The van der Waals surface area contributed by atoms with Crippen LogP contribution >= 0.6 is 23.2 Å². The molecule has 0 bridgehead atoms. The summed E-state index contributed by atoms with van der Waals surface area (Å²) < 4.78 is 26.3. The number of halogens is 2. The van der Waals surface area contributed by atoms with E-state index in [4.69, 9.17) is 28.9 Å². The summed E-state index contributed by atoms with van der Waals surface area (Å²) in [5, 5.41) is 9.50. The summed E-state index contributed by atoms with van der Waals surface area (Å²) in [5.74, 6) is 5.39.